The molecule has 4 nitrogen and oxygen atoms in total. The average molecular weight is 302 g/mol. The molecule has 1 aromatic carbocycles. The first-order valence-electron chi connectivity index (χ1n) is 6.94. The van der Waals surface area contributed by atoms with Crippen LogP contribution in [0, 0.1) is 0 Å². The van der Waals surface area contributed by atoms with E-state index >= 15 is 0 Å². The largest absolute Gasteiger partial charge is 0.494 e. The predicted octanol–water partition coefficient (Wildman–Crippen LogP) is 3.60. The summed E-state index contributed by atoms with van der Waals surface area (Å²) in [5, 5.41) is 0. The van der Waals surface area contributed by atoms with E-state index in [0.717, 1.165) is 28.3 Å². The van der Waals surface area contributed by atoms with Gasteiger partial charge in [-0.15, -0.1) is 11.6 Å². The molecule has 0 fully saturated rings. The number of aromatic nitrogens is 3. The molecule has 0 unspecified atom stereocenters. The van der Waals surface area contributed by atoms with Crippen molar-refractivity contribution in [3.05, 3.63) is 48.5 Å². The van der Waals surface area contributed by atoms with Crippen LogP contribution in [0.5, 0.6) is 5.75 Å². The van der Waals surface area contributed by atoms with E-state index in [0.29, 0.717) is 18.9 Å². The standard InChI is InChI=1S/C16H16ClN3O/c1-2-21-13-5-3-4-12(10-13)20-15-7-9-18-11-14(15)19-16(20)6-8-17/h3-5,7,9-11H,2,6,8H2,1H3. The van der Waals surface area contributed by atoms with Gasteiger partial charge in [-0.25, -0.2) is 4.98 Å². The molecule has 2 heterocycles. The molecule has 0 aliphatic carbocycles. The van der Waals surface area contributed by atoms with E-state index in [-0.39, 0.29) is 0 Å². The Morgan fingerprint density at radius 3 is 3.00 bits per heavy atom. The molecule has 3 rings (SSSR count). The Morgan fingerprint density at radius 1 is 1.29 bits per heavy atom. The van der Waals surface area contributed by atoms with Gasteiger partial charge in [-0.05, 0) is 25.1 Å². The normalized spacial score (nSPS) is 11.0. The Balaban J connectivity index is 2.17. The zero-order valence-electron chi connectivity index (χ0n) is 11.8. The maximum Gasteiger partial charge on any atom is 0.121 e. The Hall–Kier alpha value is -2.07. The van der Waals surface area contributed by atoms with E-state index < -0.39 is 0 Å². The van der Waals surface area contributed by atoms with Gasteiger partial charge >= 0.3 is 0 Å². The fourth-order valence-electron chi connectivity index (χ4n) is 2.40. The summed E-state index contributed by atoms with van der Waals surface area (Å²) < 4.78 is 7.70. The lowest BCUT2D eigenvalue weighted by Crippen LogP contribution is -2.03. The minimum atomic E-state index is 0.530. The molecule has 3 aromatic rings. The fourth-order valence-corrected chi connectivity index (χ4v) is 2.57. The Kier molecular flexibility index (Phi) is 4.06. The van der Waals surface area contributed by atoms with Gasteiger partial charge in [-0.2, -0.15) is 0 Å². The van der Waals surface area contributed by atoms with E-state index in [9.17, 15) is 0 Å². The summed E-state index contributed by atoms with van der Waals surface area (Å²) in [4.78, 5) is 8.76. The molecule has 21 heavy (non-hydrogen) atoms. The van der Waals surface area contributed by atoms with Crippen LogP contribution in [0.2, 0.25) is 0 Å². The molecule has 0 aliphatic heterocycles. The first kappa shape index (κ1) is 13.9. The molecule has 0 radical (unpaired) electrons. The van der Waals surface area contributed by atoms with Gasteiger partial charge in [0.2, 0.25) is 0 Å². The second-order valence-electron chi connectivity index (χ2n) is 4.60. The average Bonchev–Trinajstić information content (AvgIpc) is 2.86. The van der Waals surface area contributed by atoms with Crippen molar-refractivity contribution >= 4 is 22.6 Å². The van der Waals surface area contributed by atoms with Crippen LogP contribution >= 0.6 is 11.6 Å². The molecule has 0 bridgehead atoms. The molecule has 0 saturated carbocycles. The van der Waals surface area contributed by atoms with Crippen LogP contribution in [0.15, 0.2) is 42.7 Å². The monoisotopic (exact) mass is 301 g/mol. The van der Waals surface area contributed by atoms with Crippen molar-refractivity contribution in [3.63, 3.8) is 0 Å². The van der Waals surface area contributed by atoms with Crippen LogP contribution in [-0.2, 0) is 6.42 Å². The van der Waals surface area contributed by atoms with Gasteiger partial charge in [-0.1, -0.05) is 6.07 Å². The van der Waals surface area contributed by atoms with E-state index in [4.69, 9.17) is 16.3 Å². The number of fused-ring (bicyclic) bond motifs is 1. The van der Waals surface area contributed by atoms with Gasteiger partial charge in [0.1, 0.15) is 17.1 Å². The van der Waals surface area contributed by atoms with Crippen LogP contribution in [0.25, 0.3) is 16.7 Å². The topological polar surface area (TPSA) is 39.9 Å². The van der Waals surface area contributed by atoms with Crippen molar-refractivity contribution in [1.29, 1.82) is 0 Å². The highest BCUT2D eigenvalue weighted by Crippen LogP contribution is 2.24. The lowest BCUT2D eigenvalue weighted by Gasteiger charge is -2.10. The van der Waals surface area contributed by atoms with Crippen molar-refractivity contribution in [3.8, 4) is 11.4 Å². The molecule has 5 heteroatoms. The summed E-state index contributed by atoms with van der Waals surface area (Å²) >= 11 is 5.91. The fraction of sp³-hybridized carbons (Fsp3) is 0.250. The number of aryl methyl sites for hydroxylation is 1. The van der Waals surface area contributed by atoms with Crippen molar-refractivity contribution in [2.45, 2.75) is 13.3 Å². The number of nitrogens with zero attached hydrogens (tertiary/aromatic N) is 3. The molecule has 108 valence electrons. The minimum absolute atomic E-state index is 0.530. The van der Waals surface area contributed by atoms with Crippen LogP contribution in [-0.4, -0.2) is 27.0 Å². The third-order valence-corrected chi connectivity index (χ3v) is 3.42. The predicted molar refractivity (Wildman–Crippen MR) is 84.5 cm³/mol. The molecular weight excluding hydrogens is 286 g/mol. The summed E-state index contributed by atoms with van der Waals surface area (Å²) in [6.45, 7) is 2.62. The van der Waals surface area contributed by atoms with Gasteiger partial charge in [0.05, 0.1) is 24.0 Å². The first-order chi connectivity index (χ1) is 10.3. The third-order valence-electron chi connectivity index (χ3n) is 3.23. The van der Waals surface area contributed by atoms with Gasteiger partial charge in [-0.3, -0.25) is 9.55 Å². The summed E-state index contributed by atoms with van der Waals surface area (Å²) in [6.07, 6.45) is 4.25. The highest BCUT2D eigenvalue weighted by atomic mass is 35.5. The molecule has 0 spiro atoms. The van der Waals surface area contributed by atoms with Crippen LogP contribution in [0.4, 0.5) is 0 Å². The Bertz CT molecular complexity index is 754. The number of pyridine rings is 1. The van der Waals surface area contributed by atoms with Crippen molar-refractivity contribution in [2.24, 2.45) is 0 Å². The highest BCUT2D eigenvalue weighted by Gasteiger charge is 2.12. The van der Waals surface area contributed by atoms with Crippen LogP contribution in [0.3, 0.4) is 0 Å². The lowest BCUT2D eigenvalue weighted by atomic mass is 10.2. The summed E-state index contributed by atoms with van der Waals surface area (Å²) in [7, 11) is 0. The molecule has 0 aliphatic rings. The molecule has 0 saturated heterocycles. The van der Waals surface area contributed by atoms with Crippen LogP contribution in [0.1, 0.15) is 12.7 Å². The number of alkyl halides is 1. The summed E-state index contributed by atoms with van der Waals surface area (Å²) in [6, 6.07) is 9.96. The number of hydrogen-bond donors (Lipinski definition) is 0. The van der Waals surface area contributed by atoms with E-state index in [1.54, 1.807) is 12.4 Å². The summed E-state index contributed by atoms with van der Waals surface area (Å²) in [5.41, 5.74) is 2.92. The SMILES string of the molecule is CCOc1cccc(-n2c(CCCl)nc3cnccc32)c1. The van der Waals surface area contributed by atoms with Gasteiger partial charge in [0.15, 0.2) is 0 Å². The number of ether oxygens (including phenoxy) is 1. The highest BCUT2D eigenvalue weighted by molar-refractivity contribution is 6.17. The molecule has 2 aromatic heterocycles. The van der Waals surface area contributed by atoms with Crippen molar-refractivity contribution in [2.75, 3.05) is 12.5 Å². The van der Waals surface area contributed by atoms with Crippen molar-refractivity contribution in [1.82, 2.24) is 14.5 Å². The maximum atomic E-state index is 5.91. The number of imidazole rings is 1. The van der Waals surface area contributed by atoms with Crippen molar-refractivity contribution < 1.29 is 4.74 Å². The van der Waals surface area contributed by atoms with Gasteiger partial charge < -0.3 is 4.74 Å². The maximum absolute atomic E-state index is 5.91. The zero-order valence-corrected chi connectivity index (χ0v) is 12.5. The third kappa shape index (κ3) is 2.72. The molecule has 0 N–H and O–H groups in total. The zero-order chi connectivity index (χ0) is 14.7. The molecule has 0 amide bonds. The minimum Gasteiger partial charge on any atom is -0.494 e. The second-order valence-corrected chi connectivity index (χ2v) is 4.98. The molecule has 0 atom stereocenters. The van der Waals surface area contributed by atoms with Gasteiger partial charge in [0.25, 0.3) is 0 Å². The van der Waals surface area contributed by atoms with E-state index in [2.05, 4.69) is 14.5 Å². The summed E-state index contributed by atoms with van der Waals surface area (Å²) in [5.74, 6) is 2.31. The van der Waals surface area contributed by atoms with Crippen LogP contribution < -0.4 is 4.74 Å². The number of halogens is 1. The van der Waals surface area contributed by atoms with E-state index in [1.165, 1.54) is 0 Å². The second kappa shape index (κ2) is 6.14. The number of benzene rings is 1. The molecular formula is C16H16ClN3O. The smallest absolute Gasteiger partial charge is 0.121 e. The first-order valence-corrected chi connectivity index (χ1v) is 7.47. The quantitative estimate of drug-likeness (QED) is 0.676. The van der Waals surface area contributed by atoms with E-state index in [1.807, 2.05) is 37.3 Å². The van der Waals surface area contributed by atoms with Gasteiger partial charge in [0, 0.05) is 24.6 Å². The number of hydrogen-bond acceptors (Lipinski definition) is 3. The Morgan fingerprint density at radius 2 is 2.19 bits per heavy atom. The Labute approximate surface area is 128 Å². The number of rotatable bonds is 5. The lowest BCUT2D eigenvalue weighted by molar-refractivity contribution is 0.340.